The molecule has 0 radical (unpaired) electrons. The molecule has 0 bridgehead atoms. The van der Waals surface area contributed by atoms with Gasteiger partial charge in [-0.25, -0.2) is 10.3 Å². The SMILES string of the molecule is C=CC(=O)O.C=CCNO. The molecule has 4 heteroatoms. The van der Waals surface area contributed by atoms with Crippen LogP contribution in [0.1, 0.15) is 0 Å². The normalized spacial score (nSPS) is 6.90. The van der Waals surface area contributed by atoms with Gasteiger partial charge in [0, 0.05) is 12.6 Å². The maximum Gasteiger partial charge on any atom is 0.327 e. The fourth-order valence-corrected chi connectivity index (χ4v) is 0.0645. The maximum atomic E-state index is 9.25. The van der Waals surface area contributed by atoms with Gasteiger partial charge < -0.3 is 10.3 Å². The summed E-state index contributed by atoms with van der Waals surface area (Å²) in [5.74, 6) is -0.981. The molecule has 0 spiro atoms. The minimum absolute atomic E-state index is 0.458. The third-order valence-corrected chi connectivity index (χ3v) is 0.410. The summed E-state index contributed by atoms with van der Waals surface area (Å²) in [7, 11) is 0. The minimum atomic E-state index is -0.981. The van der Waals surface area contributed by atoms with Crippen molar-refractivity contribution < 1.29 is 15.1 Å². The first-order valence-electron chi connectivity index (χ1n) is 2.52. The maximum absolute atomic E-state index is 9.25. The zero-order chi connectivity index (χ0) is 8.41. The fourth-order valence-electron chi connectivity index (χ4n) is 0.0645. The Balaban J connectivity index is 0. The topological polar surface area (TPSA) is 69.6 Å². The third kappa shape index (κ3) is 28.7. The summed E-state index contributed by atoms with van der Waals surface area (Å²) in [5, 5.41) is 15.3. The van der Waals surface area contributed by atoms with Gasteiger partial charge in [0.15, 0.2) is 0 Å². The Bertz CT molecular complexity index is 112. The number of carboxylic acids is 1. The van der Waals surface area contributed by atoms with Gasteiger partial charge in [-0.3, -0.25) is 0 Å². The summed E-state index contributed by atoms with van der Waals surface area (Å²) >= 11 is 0. The largest absolute Gasteiger partial charge is 0.478 e. The van der Waals surface area contributed by atoms with E-state index in [0.717, 1.165) is 6.08 Å². The van der Waals surface area contributed by atoms with Crippen molar-refractivity contribution in [3.05, 3.63) is 25.3 Å². The van der Waals surface area contributed by atoms with Crippen LogP contribution in [0.5, 0.6) is 0 Å². The lowest BCUT2D eigenvalue weighted by Gasteiger charge is -1.78. The Morgan fingerprint density at radius 3 is 2.00 bits per heavy atom. The van der Waals surface area contributed by atoms with Gasteiger partial charge in [-0.05, 0) is 0 Å². The van der Waals surface area contributed by atoms with Crippen molar-refractivity contribution in [3.63, 3.8) is 0 Å². The van der Waals surface area contributed by atoms with Gasteiger partial charge in [-0.1, -0.05) is 12.7 Å². The molecule has 0 rings (SSSR count). The van der Waals surface area contributed by atoms with E-state index in [1.807, 2.05) is 5.48 Å². The average molecular weight is 145 g/mol. The van der Waals surface area contributed by atoms with Crippen LogP contribution in [0.25, 0.3) is 0 Å². The molecule has 4 nitrogen and oxygen atoms in total. The highest BCUT2D eigenvalue weighted by molar-refractivity contribution is 5.78. The molecule has 0 aliphatic rings. The number of hydroxylamine groups is 1. The van der Waals surface area contributed by atoms with Crippen LogP contribution in [0.4, 0.5) is 0 Å². The van der Waals surface area contributed by atoms with Crippen molar-refractivity contribution in [2.75, 3.05) is 6.54 Å². The van der Waals surface area contributed by atoms with Crippen LogP contribution in [0.3, 0.4) is 0 Å². The molecule has 0 saturated carbocycles. The molecule has 0 aromatic carbocycles. The van der Waals surface area contributed by atoms with E-state index < -0.39 is 5.97 Å². The van der Waals surface area contributed by atoms with E-state index in [1.54, 1.807) is 6.08 Å². The molecular weight excluding hydrogens is 134 g/mol. The first kappa shape index (κ1) is 11.6. The van der Waals surface area contributed by atoms with Crippen molar-refractivity contribution in [1.82, 2.24) is 5.48 Å². The van der Waals surface area contributed by atoms with E-state index in [1.165, 1.54) is 0 Å². The van der Waals surface area contributed by atoms with E-state index in [-0.39, 0.29) is 0 Å². The van der Waals surface area contributed by atoms with Crippen LogP contribution in [-0.4, -0.2) is 22.8 Å². The van der Waals surface area contributed by atoms with Gasteiger partial charge in [0.05, 0.1) is 0 Å². The van der Waals surface area contributed by atoms with Crippen LogP contribution >= 0.6 is 0 Å². The van der Waals surface area contributed by atoms with Crippen LogP contribution in [-0.2, 0) is 4.79 Å². The quantitative estimate of drug-likeness (QED) is 0.305. The molecule has 0 atom stereocenters. The number of carbonyl (C=O) groups is 1. The van der Waals surface area contributed by atoms with Crippen LogP contribution in [0, 0.1) is 0 Å². The lowest BCUT2D eigenvalue weighted by molar-refractivity contribution is -0.131. The van der Waals surface area contributed by atoms with Crippen molar-refractivity contribution >= 4 is 5.97 Å². The average Bonchev–Trinajstić information content (AvgIpc) is 1.91. The predicted molar refractivity (Wildman–Crippen MR) is 37.8 cm³/mol. The van der Waals surface area contributed by atoms with Gasteiger partial charge in [0.25, 0.3) is 0 Å². The zero-order valence-electron chi connectivity index (χ0n) is 5.58. The second kappa shape index (κ2) is 10.8. The summed E-state index contributed by atoms with van der Waals surface area (Å²) < 4.78 is 0. The first-order chi connectivity index (χ1) is 4.68. The predicted octanol–water partition coefficient (Wildman–Crippen LogP) is 0.408. The number of carboxylic acid groups (broad SMARTS) is 1. The Morgan fingerprint density at radius 1 is 1.60 bits per heavy atom. The highest BCUT2D eigenvalue weighted by Gasteiger charge is 1.73. The van der Waals surface area contributed by atoms with E-state index in [4.69, 9.17) is 10.3 Å². The number of hydrogen-bond acceptors (Lipinski definition) is 3. The smallest absolute Gasteiger partial charge is 0.327 e. The summed E-state index contributed by atoms with van der Waals surface area (Å²) in [5.41, 5.74) is 1.90. The van der Waals surface area contributed by atoms with Crippen molar-refractivity contribution in [2.24, 2.45) is 0 Å². The summed E-state index contributed by atoms with van der Waals surface area (Å²) in [6.07, 6.45) is 2.40. The Kier molecular flexibility index (Phi) is 12.5. The standard InChI is InChI=1S/C3H7NO.C3H4O2/c1-2-3-4-5;1-2-3(4)5/h2,4-5H,1,3H2;2H,1H2,(H,4,5). The Hall–Kier alpha value is -1.13. The number of aliphatic carboxylic acids is 1. The van der Waals surface area contributed by atoms with Crippen LogP contribution < -0.4 is 5.48 Å². The summed E-state index contributed by atoms with van der Waals surface area (Å²) in [4.78, 5) is 9.25. The molecule has 3 N–H and O–H groups in total. The second-order valence-electron chi connectivity index (χ2n) is 1.19. The van der Waals surface area contributed by atoms with Crippen LogP contribution in [0.15, 0.2) is 25.3 Å². The lowest BCUT2D eigenvalue weighted by atomic mass is 10.7. The molecule has 0 aromatic rings. The van der Waals surface area contributed by atoms with Crippen molar-refractivity contribution in [2.45, 2.75) is 0 Å². The highest BCUT2D eigenvalue weighted by Crippen LogP contribution is 1.54. The van der Waals surface area contributed by atoms with Crippen molar-refractivity contribution in [1.29, 1.82) is 0 Å². The fraction of sp³-hybridized carbons (Fsp3) is 0.167. The molecule has 0 amide bonds. The van der Waals surface area contributed by atoms with E-state index in [2.05, 4.69) is 13.2 Å². The molecule has 0 aliphatic heterocycles. The van der Waals surface area contributed by atoms with E-state index in [0.29, 0.717) is 6.54 Å². The first-order valence-corrected chi connectivity index (χ1v) is 2.52. The van der Waals surface area contributed by atoms with Gasteiger partial charge in [-0.2, -0.15) is 0 Å². The molecule has 0 unspecified atom stereocenters. The zero-order valence-corrected chi connectivity index (χ0v) is 5.58. The van der Waals surface area contributed by atoms with Gasteiger partial charge in [-0.15, -0.1) is 6.58 Å². The Labute approximate surface area is 59.4 Å². The molecule has 0 heterocycles. The number of hydrogen-bond donors (Lipinski definition) is 3. The molecule has 0 fully saturated rings. The van der Waals surface area contributed by atoms with Gasteiger partial charge >= 0.3 is 5.97 Å². The third-order valence-electron chi connectivity index (χ3n) is 0.410. The summed E-state index contributed by atoms with van der Waals surface area (Å²) in [6.45, 7) is 6.75. The molecule has 58 valence electrons. The molecular formula is C6H11NO3. The second-order valence-corrected chi connectivity index (χ2v) is 1.19. The minimum Gasteiger partial charge on any atom is -0.478 e. The van der Waals surface area contributed by atoms with Crippen LogP contribution in [0.2, 0.25) is 0 Å². The number of rotatable bonds is 3. The monoisotopic (exact) mass is 145 g/mol. The van der Waals surface area contributed by atoms with Gasteiger partial charge in [0.1, 0.15) is 0 Å². The molecule has 10 heavy (non-hydrogen) atoms. The Morgan fingerprint density at radius 2 is 2.00 bits per heavy atom. The van der Waals surface area contributed by atoms with E-state index >= 15 is 0 Å². The summed E-state index contributed by atoms with van der Waals surface area (Å²) in [6, 6.07) is 0. The lowest BCUT2D eigenvalue weighted by Crippen LogP contribution is -2.04. The van der Waals surface area contributed by atoms with E-state index in [9.17, 15) is 4.79 Å². The number of nitrogens with one attached hydrogen (secondary N) is 1. The van der Waals surface area contributed by atoms with Crippen molar-refractivity contribution in [3.8, 4) is 0 Å². The highest BCUT2D eigenvalue weighted by atomic mass is 16.5. The molecule has 0 aromatic heterocycles. The molecule has 0 saturated heterocycles. The molecule has 0 aliphatic carbocycles. The van der Waals surface area contributed by atoms with Gasteiger partial charge in [0.2, 0.25) is 0 Å².